The highest BCUT2D eigenvalue weighted by molar-refractivity contribution is 5.42. The summed E-state index contributed by atoms with van der Waals surface area (Å²) >= 11 is 0. The van der Waals surface area contributed by atoms with Crippen molar-refractivity contribution in [3.05, 3.63) is 29.8 Å². The molecule has 1 aliphatic rings. The Morgan fingerprint density at radius 3 is 2.82 bits per heavy atom. The SMILES string of the molecule is Nc1cccc(C2CCN2)c1. The van der Waals surface area contributed by atoms with E-state index in [-0.39, 0.29) is 0 Å². The van der Waals surface area contributed by atoms with Gasteiger partial charge in [-0.15, -0.1) is 0 Å². The average molecular weight is 148 g/mol. The fourth-order valence-electron chi connectivity index (χ4n) is 1.35. The zero-order chi connectivity index (χ0) is 7.68. The molecule has 0 bridgehead atoms. The van der Waals surface area contributed by atoms with Gasteiger partial charge >= 0.3 is 0 Å². The first-order valence-corrected chi connectivity index (χ1v) is 3.95. The number of rotatable bonds is 1. The molecule has 0 aliphatic carbocycles. The number of hydrogen-bond donors (Lipinski definition) is 2. The number of nitrogen functional groups attached to an aromatic ring is 1. The predicted molar refractivity (Wildman–Crippen MR) is 46.2 cm³/mol. The van der Waals surface area contributed by atoms with Gasteiger partial charge in [-0.25, -0.2) is 0 Å². The second-order valence-electron chi connectivity index (χ2n) is 2.97. The fourth-order valence-corrected chi connectivity index (χ4v) is 1.35. The summed E-state index contributed by atoms with van der Waals surface area (Å²) in [6, 6.07) is 8.63. The summed E-state index contributed by atoms with van der Waals surface area (Å²) < 4.78 is 0. The van der Waals surface area contributed by atoms with E-state index in [4.69, 9.17) is 5.73 Å². The van der Waals surface area contributed by atoms with Crippen LogP contribution in [0.2, 0.25) is 0 Å². The van der Waals surface area contributed by atoms with Crippen LogP contribution in [-0.2, 0) is 0 Å². The molecular formula is C9H12N2. The van der Waals surface area contributed by atoms with Gasteiger partial charge in [-0.05, 0) is 30.7 Å². The molecule has 0 amide bonds. The molecule has 1 unspecified atom stereocenters. The van der Waals surface area contributed by atoms with E-state index in [1.807, 2.05) is 18.2 Å². The van der Waals surface area contributed by atoms with E-state index < -0.39 is 0 Å². The number of nitrogens with one attached hydrogen (secondary N) is 1. The minimum atomic E-state index is 0.554. The van der Waals surface area contributed by atoms with Crippen LogP contribution in [0.4, 0.5) is 5.69 Å². The fraction of sp³-hybridized carbons (Fsp3) is 0.333. The molecule has 0 saturated carbocycles. The van der Waals surface area contributed by atoms with E-state index >= 15 is 0 Å². The summed E-state index contributed by atoms with van der Waals surface area (Å²) in [5.41, 5.74) is 7.82. The van der Waals surface area contributed by atoms with Gasteiger partial charge in [0.2, 0.25) is 0 Å². The van der Waals surface area contributed by atoms with Crippen molar-refractivity contribution in [1.82, 2.24) is 5.32 Å². The highest BCUT2D eigenvalue weighted by Crippen LogP contribution is 2.23. The first-order valence-electron chi connectivity index (χ1n) is 3.95. The molecule has 0 spiro atoms. The second kappa shape index (κ2) is 2.55. The Labute approximate surface area is 66.4 Å². The van der Waals surface area contributed by atoms with Crippen molar-refractivity contribution in [3.8, 4) is 0 Å². The van der Waals surface area contributed by atoms with Crippen molar-refractivity contribution in [2.75, 3.05) is 12.3 Å². The normalized spacial score (nSPS) is 22.7. The molecule has 2 rings (SSSR count). The number of anilines is 1. The van der Waals surface area contributed by atoms with Crippen molar-refractivity contribution in [3.63, 3.8) is 0 Å². The monoisotopic (exact) mass is 148 g/mol. The average Bonchev–Trinajstić information content (AvgIpc) is 1.83. The largest absolute Gasteiger partial charge is 0.399 e. The third-order valence-corrected chi connectivity index (χ3v) is 2.14. The van der Waals surface area contributed by atoms with Gasteiger partial charge in [0.25, 0.3) is 0 Å². The summed E-state index contributed by atoms with van der Waals surface area (Å²) in [6.07, 6.45) is 1.24. The molecule has 11 heavy (non-hydrogen) atoms. The number of nitrogens with two attached hydrogens (primary N) is 1. The lowest BCUT2D eigenvalue weighted by Gasteiger charge is -2.28. The highest BCUT2D eigenvalue weighted by atomic mass is 15.0. The van der Waals surface area contributed by atoms with E-state index in [2.05, 4.69) is 11.4 Å². The third-order valence-electron chi connectivity index (χ3n) is 2.14. The Kier molecular flexibility index (Phi) is 1.55. The predicted octanol–water partition coefficient (Wildman–Crippen LogP) is 1.30. The molecular weight excluding hydrogens is 136 g/mol. The first kappa shape index (κ1) is 6.68. The Morgan fingerprint density at radius 1 is 1.45 bits per heavy atom. The molecule has 1 aromatic rings. The van der Waals surface area contributed by atoms with E-state index in [1.165, 1.54) is 12.0 Å². The molecule has 58 valence electrons. The van der Waals surface area contributed by atoms with Crippen LogP contribution in [0, 0.1) is 0 Å². The van der Waals surface area contributed by atoms with Crippen LogP contribution in [0.1, 0.15) is 18.0 Å². The summed E-state index contributed by atoms with van der Waals surface area (Å²) in [7, 11) is 0. The summed E-state index contributed by atoms with van der Waals surface area (Å²) in [4.78, 5) is 0. The summed E-state index contributed by atoms with van der Waals surface area (Å²) in [6.45, 7) is 1.14. The van der Waals surface area contributed by atoms with E-state index in [0.717, 1.165) is 12.2 Å². The van der Waals surface area contributed by atoms with Crippen LogP contribution < -0.4 is 11.1 Å². The van der Waals surface area contributed by atoms with Crippen LogP contribution in [0.15, 0.2) is 24.3 Å². The van der Waals surface area contributed by atoms with Gasteiger partial charge in [-0.3, -0.25) is 0 Å². The van der Waals surface area contributed by atoms with E-state index in [1.54, 1.807) is 0 Å². The molecule has 1 aromatic carbocycles. The van der Waals surface area contributed by atoms with E-state index in [9.17, 15) is 0 Å². The van der Waals surface area contributed by atoms with Crippen molar-refractivity contribution < 1.29 is 0 Å². The lowest BCUT2D eigenvalue weighted by molar-refractivity contribution is 0.383. The number of benzene rings is 1. The van der Waals surface area contributed by atoms with Gasteiger partial charge in [0, 0.05) is 11.7 Å². The van der Waals surface area contributed by atoms with Crippen LogP contribution in [0.25, 0.3) is 0 Å². The van der Waals surface area contributed by atoms with Crippen LogP contribution in [-0.4, -0.2) is 6.54 Å². The standard InChI is InChI=1S/C9H12N2/c10-8-3-1-2-7(6-8)9-4-5-11-9/h1-3,6,9,11H,4-5,10H2. The van der Waals surface area contributed by atoms with Crippen LogP contribution in [0.3, 0.4) is 0 Å². The molecule has 1 fully saturated rings. The molecule has 1 heterocycles. The Balaban J connectivity index is 2.23. The lowest BCUT2D eigenvalue weighted by atomic mass is 9.98. The summed E-state index contributed by atoms with van der Waals surface area (Å²) in [5.74, 6) is 0. The number of hydrogen-bond acceptors (Lipinski definition) is 2. The lowest BCUT2D eigenvalue weighted by Crippen LogP contribution is -2.34. The molecule has 1 saturated heterocycles. The van der Waals surface area contributed by atoms with Crippen molar-refractivity contribution in [2.45, 2.75) is 12.5 Å². The van der Waals surface area contributed by atoms with Crippen molar-refractivity contribution in [1.29, 1.82) is 0 Å². The quantitative estimate of drug-likeness (QED) is 0.589. The molecule has 1 aliphatic heterocycles. The summed E-state index contributed by atoms with van der Waals surface area (Å²) in [5, 5.41) is 3.33. The molecule has 1 atom stereocenters. The topological polar surface area (TPSA) is 38.0 Å². The Bertz CT molecular complexity index is 253. The molecule has 2 heteroatoms. The minimum Gasteiger partial charge on any atom is -0.399 e. The van der Waals surface area contributed by atoms with Crippen LogP contribution >= 0.6 is 0 Å². The van der Waals surface area contributed by atoms with Gasteiger partial charge < -0.3 is 11.1 Å². The zero-order valence-corrected chi connectivity index (χ0v) is 6.38. The molecule has 3 N–H and O–H groups in total. The van der Waals surface area contributed by atoms with Crippen molar-refractivity contribution >= 4 is 5.69 Å². The maximum absolute atomic E-state index is 5.65. The highest BCUT2D eigenvalue weighted by Gasteiger charge is 2.17. The molecule has 0 radical (unpaired) electrons. The smallest absolute Gasteiger partial charge is 0.0333 e. The second-order valence-corrected chi connectivity index (χ2v) is 2.97. The van der Waals surface area contributed by atoms with E-state index in [0.29, 0.717) is 6.04 Å². The van der Waals surface area contributed by atoms with Crippen LogP contribution in [0.5, 0.6) is 0 Å². The third kappa shape index (κ3) is 1.21. The molecule has 2 nitrogen and oxygen atoms in total. The Hall–Kier alpha value is -1.02. The maximum atomic E-state index is 5.65. The van der Waals surface area contributed by atoms with Gasteiger partial charge in [0.1, 0.15) is 0 Å². The maximum Gasteiger partial charge on any atom is 0.0333 e. The molecule has 0 aromatic heterocycles. The van der Waals surface area contributed by atoms with Gasteiger partial charge in [0.05, 0.1) is 0 Å². The zero-order valence-electron chi connectivity index (χ0n) is 6.38. The minimum absolute atomic E-state index is 0.554. The van der Waals surface area contributed by atoms with Crippen molar-refractivity contribution in [2.24, 2.45) is 0 Å². The Morgan fingerprint density at radius 2 is 2.27 bits per heavy atom. The van der Waals surface area contributed by atoms with Gasteiger partial charge in [0.15, 0.2) is 0 Å². The van der Waals surface area contributed by atoms with Gasteiger partial charge in [-0.2, -0.15) is 0 Å². The van der Waals surface area contributed by atoms with Gasteiger partial charge in [-0.1, -0.05) is 12.1 Å². The first-order chi connectivity index (χ1) is 5.36.